The van der Waals surface area contributed by atoms with Crippen molar-refractivity contribution >= 4 is 44.3 Å². The molecule has 0 aliphatic heterocycles. The number of fused-ring (bicyclic) bond motifs is 2. The van der Waals surface area contributed by atoms with E-state index < -0.39 is 0 Å². The predicted molar refractivity (Wildman–Crippen MR) is 106 cm³/mol. The summed E-state index contributed by atoms with van der Waals surface area (Å²) in [7, 11) is 0. The fraction of sp³-hybridized carbons (Fsp3) is 0.150. The third kappa shape index (κ3) is 3.83. The number of nitrogens with zero attached hydrogens (tertiary/aromatic N) is 1. The Morgan fingerprint density at radius 2 is 1.85 bits per heavy atom. The molecule has 2 aromatic heterocycles. The van der Waals surface area contributed by atoms with Gasteiger partial charge in [-0.1, -0.05) is 30.3 Å². The molecule has 0 fully saturated rings. The van der Waals surface area contributed by atoms with Crippen LogP contribution in [0.15, 0.2) is 54.7 Å². The number of rotatable bonds is 5. The second-order valence-electron chi connectivity index (χ2n) is 6.18. The monoisotopic (exact) mass is 378 g/mol. The first-order chi connectivity index (χ1) is 13.2. The maximum absolute atomic E-state index is 12.3. The van der Waals surface area contributed by atoms with Crippen molar-refractivity contribution in [1.82, 2.24) is 20.8 Å². The summed E-state index contributed by atoms with van der Waals surface area (Å²) >= 11 is 1.65. The fourth-order valence-electron chi connectivity index (χ4n) is 2.94. The molecule has 6 nitrogen and oxygen atoms in total. The number of benzene rings is 2. The third-order valence-corrected chi connectivity index (χ3v) is 5.38. The van der Waals surface area contributed by atoms with E-state index in [-0.39, 0.29) is 11.8 Å². The molecule has 4 aromatic rings. The first-order valence-corrected chi connectivity index (χ1v) is 9.52. The van der Waals surface area contributed by atoms with Gasteiger partial charge in [0, 0.05) is 23.5 Å². The zero-order valence-electron chi connectivity index (χ0n) is 14.5. The summed E-state index contributed by atoms with van der Waals surface area (Å²) in [5.74, 6) is -0.559. The highest BCUT2D eigenvalue weighted by Gasteiger charge is 2.12. The molecule has 27 heavy (non-hydrogen) atoms. The van der Waals surface area contributed by atoms with Gasteiger partial charge in [-0.05, 0) is 31.0 Å². The molecule has 2 aromatic carbocycles. The Morgan fingerprint density at radius 1 is 1.04 bits per heavy atom. The minimum atomic E-state index is -0.341. The first kappa shape index (κ1) is 17.2. The Morgan fingerprint density at radius 3 is 2.74 bits per heavy atom. The number of H-pyrrole nitrogens is 1. The Kier molecular flexibility index (Phi) is 4.84. The van der Waals surface area contributed by atoms with Crippen LogP contribution in [0.5, 0.6) is 0 Å². The summed E-state index contributed by atoms with van der Waals surface area (Å²) in [6.07, 6.45) is 3.38. The lowest BCUT2D eigenvalue weighted by Gasteiger charge is -2.06. The molecular formula is C20H18N4O2S. The zero-order valence-corrected chi connectivity index (χ0v) is 15.3. The van der Waals surface area contributed by atoms with Gasteiger partial charge in [-0.15, -0.1) is 11.3 Å². The molecule has 0 bridgehead atoms. The number of hydrazine groups is 1. The summed E-state index contributed by atoms with van der Waals surface area (Å²) in [6.45, 7) is 0. The average molecular weight is 378 g/mol. The van der Waals surface area contributed by atoms with Gasteiger partial charge in [0.25, 0.3) is 5.91 Å². The topological polar surface area (TPSA) is 86.9 Å². The molecule has 0 unspecified atom stereocenters. The van der Waals surface area contributed by atoms with Gasteiger partial charge in [0.1, 0.15) is 0 Å². The Hall–Kier alpha value is -3.19. The molecule has 0 spiro atoms. The molecule has 0 saturated heterocycles. The summed E-state index contributed by atoms with van der Waals surface area (Å²) in [6, 6.07) is 15.5. The van der Waals surface area contributed by atoms with Gasteiger partial charge in [0.05, 0.1) is 20.8 Å². The van der Waals surface area contributed by atoms with Crippen LogP contribution in [0.1, 0.15) is 28.2 Å². The van der Waals surface area contributed by atoms with Crippen molar-refractivity contribution in [2.75, 3.05) is 0 Å². The van der Waals surface area contributed by atoms with E-state index in [1.54, 1.807) is 17.5 Å². The highest BCUT2D eigenvalue weighted by Crippen LogP contribution is 2.22. The highest BCUT2D eigenvalue weighted by molar-refractivity contribution is 7.18. The standard InChI is InChI=1S/C20H18N4O2S/c25-18(10-5-11-19-22-16-8-3-4-9-17(16)27-19)23-24-20(26)14-12-21-15-7-2-1-6-13(14)15/h1-4,6-9,12,21H,5,10-11H2,(H,23,25)(H,24,26). The van der Waals surface area contributed by atoms with Gasteiger partial charge in [0.15, 0.2) is 0 Å². The summed E-state index contributed by atoms with van der Waals surface area (Å²) in [5, 5.41) is 1.84. The van der Waals surface area contributed by atoms with Crippen LogP contribution in [0.4, 0.5) is 0 Å². The number of hydrogen-bond donors (Lipinski definition) is 3. The molecule has 2 amide bonds. The van der Waals surface area contributed by atoms with Crippen molar-refractivity contribution in [3.8, 4) is 0 Å². The minimum absolute atomic E-state index is 0.218. The van der Waals surface area contributed by atoms with Crippen molar-refractivity contribution < 1.29 is 9.59 Å². The lowest BCUT2D eigenvalue weighted by Crippen LogP contribution is -2.41. The average Bonchev–Trinajstić information content (AvgIpc) is 3.29. The molecule has 0 radical (unpaired) electrons. The molecule has 2 heterocycles. The number of aromatic amines is 1. The Labute approximate surface area is 159 Å². The summed E-state index contributed by atoms with van der Waals surface area (Å²) < 4.78 is 1.16. The maximum atomic E-state index is 12.3. The molecular weight excluding hydrogens is 360 g/mol. The van der Waals surface area contributed by atoms with Gasteiger partial charge in [-0.3, -0.25) is 20.4 Å². The van der Waals surface area contributed by atoms with Crippen LogP contribution in [0.2, 0.25) is 0 Å². The summed E-state index contributed by atoms with van der Waals surface area (Å²) in [5.41, 5.74) is 7.33. The van der Waals surface area contributed by atoms with Gasteiger partial charge in [0.2, 0.25) is 5.91 Å². The lowest BCUT2D eigenvalue weighted by atomic mass is 10.2. The third-order valence-electron chi connectivity index (χ3n) is 4.28. The Bertz CT molecular complexity index is 1080. The highest BCUT2D eigenvalue weighted by atomic mass is 32.1. The largest absolute Gasteiger partial charge is 0.360 e. The van der Waals surface area contributed by atoms with E-state index in [4.69, 9.17) is 0 Å². The van der Waals surface area contributed by atoms with E-state index in [1.807, 2.05) is 48.5 Å². The molecule has 0 aliphatic carbocycles. The van der Waals surface area contributed by atoms with E-state index in [1.165, 1.54) is 0 Å². The number of thiazole rings is 1. The van der Waals surface area contributed by atoms with Gasteiger partial charge < -0.3 is 4.98 Å². The number of aryl methyl sites for hydroxylation is 1. The first-order valence-electron chi connectivity index (χ1n) is 8.70. The van der Waals surface area contributed by atoms with E-state index in [2.05, 4.69) is 20.8 Å². The molecule has 7 heteroatoms. The molecule has 4 rings (SSSR count). The predicted octanol–water partition coefficient (Wildman–Crippen LogP) is 3.56. The fourth-order valence-corrected chi connectivity index (χ4v) is 3.95. The normalized spacial score (nSPS) is 11.0. The van der Waals surface area contributed by atoms with E-state index >= 15 is 0 Å². The number of carbonyl (C=O) groups is 2. The van der Waals surface area contributed by atoms with E-state index in [0.29, 0.717) is 18.4 Å². The van der Waals surface area contributed by atoms with Crippen LogP contribution in [0.3, 0.4) is 0 Å². The molecule has 136 valence electrons. The lowest BCUT2D eigenvalue weighted by molar-refractivity contribution is -0.121. The van der Waals surface area contributed by atoms with Crippen LogP contribution in [-0.4, -0.2) is 21.8 Å². The second kappa shape index (κ2) is 7.59. The maximum Gasteiger partial charge on any atom is 0.271 e. The van der Waals surface area contributed by atoms with Crippen LogP contribution in [-0.2, 0) is 11.2 Å². The number of carbonyl (C=O) groups excluding carboxylic acids is 2. The smallest absolute Gasteiger partial charge is 0.271 e. The molecule has 0 saturated carbocycles. The van der Waals surface area contributed by atoms with Gasteiger partial charge in [-0.25, -0.2) is 4.98 Å². The second-order valence-corrected chi connectivity index (χ2v) is 7.29. The number of para-hydroxylation sites is 2. The van der Waals surface area contributed by atoms with Crippen molar-refractivity contribution in [3.63, 3.8) is 0 Å². The number of nitrogens with one attached hydrogen (secondary N) is 3. The molecule has 0 aliphatic rings. The number of aromatic nitrogens is 2. The van der Waals surface area contributed by atoms with Crippen molar-refractivity contribution in [2.45, 2.75) is 19.3 Å². The SMILES string of the molecule is O=C(CCCc1nc2ccccc2s1)NNC(=O)c1c[nH]c2ccccc12. The van der Waals surface area contributed by atoms with Crippen LogP contribution >= 0.6 is 11.3 Å². The van der Waals surface area contributed by atoms with Gasteiger partial charge in [-0.2, -0.15) is 0 Å². The van der Waals surface area contributed by atoms with Crippen LogP contribution < -0.4 is 10.9 Å². The minimum Gasteiger partial charge on any atom is -0.360 e. The summed E-state index contributed by atoms with van der Waals surface area (Å²) in [4.78, 5) is 31.9. The van der Waals surface area contributed by atoms with E-state index in [0.717, 1.165) is 32.5 Å². The molecule has 3 N–H and O–H groups in total. The number of amides is 2. The van der Waals surface area contributed by atoms with Crippen molar-refractivity contribution in [3.05, 3.63) is 65.3 Å². The van der Waals surface area contributed by atoms with Crippen molar-refractivity contribution in [1.29, 1.82) is 0 Å². The van der Waals surface area contributed by atoms with Crippen LogP contribution in [0.25, 0.3) is 21.1 Å². The van der Waals surface area contributed by atoms with Crippen molar-refractivity contribution in [2.24, 2.45) is 0 Å². The quantitative estimate of drug-likeness (QED) is 0.464. The zero-order chi connectivity index (χ0) is 18.6. The Balaban J connectivity index is 1.26. The van der Waals surface area contributed by atoms with Crippen LogP contribution in [0, 0.1) is 0 Å². The molecule has 0 atom stereocenters. The van der Waals surface area contributed by atoms with E-state index in [9.17, 15) is 9.59 Å². The van der Waals surface area contributed by atoms with Gasteiger partial charge >= 0.3 is 0 Å². The number of hydrogen-bond acceptors (Lipinski definition) is 4.